The standard InChI is InChI=1S/C12H16N4O/c1-3-11(17)10-9-16(8-7-15(10)2)12-13-5-4-6-14-12/h3-6,10H,1,7-9H2,2H3. The number of hydrogen-bond acceptors (Lipinski definition) is 5. The summed E-state index contributed by atoms with van der Waals surface area (Å²) in [5, 5.41) is 0. The zero-order valence-corrected chi connectivity index (χ0v) is 9.91. The smallest absolute Gasteiger partial charge is 0.225 e. The zero-order valence-electron chi connectivity index (χ0n) is 9.91. The molecule has 0 spiro atoms. The monoisotopic (exact) mass is 232 g/mol. The molecule has 1 atom stereocenters. The maximum absolute atomic E-state index is 11.7. The first-order valence-electron chi connectivity index (χ1n) is 5.61. The van der Waals surface area contributed by atoms with E-state index in [1.54, 1.807) is 18.5 Å². The molecule has 5 nitrogen and oxygen atoms in total. The van der Waals surface area contributed by atoms with Crippen molar-refractivity contribution in [1.29, 1.82) is 0 Å². The zero-order chi connectivity index (χ0) is 12.3. The van der Waals surface area contributed by atoms with Crippen molar-refractivity contribution in [1.82, 2.24) is 14.9 Å². The van der Waals surface area contributed by atoms with E-state index < -0.39 is 0 Å². The van der Waals surface area contributed by atoms with E-state index in [1.165, 1.54) is 6.08 Å². The highest BCUT2D eigenvalue weighted by Gasteiger charge is 2.29. The highest BCUT2D eigenvalue weighted by Crippen LogP contribution is 2.14. The Morgan fingerprint density at radius 2 is 2.18 bits per heavy atom. The van der Waals surface area contributed by atoms with Crippen LogP contribution in [0.4, 0.5) is 5.95 Å². The van der Waals surface area contributed by atoms with Crippen molar-refractivity contribution in [2.24, 2.45) is 0 Å². The number of aromatic nitrogens is 2. The van der Waals surface area contributed by atoms with Crippen LogP contribution >= 0.6 is 0 Å². The van der Waals surface area contributed by atoms with E-state index in [1.807, 2.05) is 16.8 Å². The molecule has 0 aromatic carbocycles. The molecular formula is C12H16N4O. The Morgan fingerprint density at radius 1 is 1.47 bits per heavy atom. The van der Waals surface area contributed by atoms with Gasteiger partial charge in [-0.2, -0.15) is 0 Å². The molecule has 1 aliphatic heterocycles. The highest BCUT2D eigenvalue weighted by atomic mass is 16.1. The summed E-state index contributed by atoms with van der Waals surface area (Å²) in [5.41, 5.74) is 0. The van der Waals surface area contributed by atoms with Gasteiger partial charge >= 0.3 is 0 Å². The van der Waals surface area contributed by atoms with Gasteiger partial charge in [-0.05, 0) is 19.2 Å². The van der Waals surface area contributed by atoms with Crippen molar-refractivity contribution < 1.29 is 4.79 Å². The van der Waals surface area contributed by atoms with Gasteiger partial charge in [0.2, 0.25) is 5.95 Å². The van der Waals surface area contributed by atoms with Gasteiger partial charge in [0.25, 0.3) is 0 Å². The van der Waals surface area contributed by atoms with Crippen molar-refractivity contribution in [3.05, 3.63) is 31.1 Å². The summed E-state index contributed by atoms with van der Waals surface area (Å²) in [7, 11) is 1.95. The average Bonchev–Trinajstić information content (AvgIpc) is 2.39. The fourth-order valence-electron chi connectivity index (χ4n) is 1.95. The lowest BCUT2D eigenvalue weighted by atomic mass is 10.1. The quantitative estimate of drug-likeness (QED) is 0.704. The molecule has 90 valence electrons. The Balaban J connectivity index is 2.13. The maximum Gasteiger partial charge on any atom is 0.225 e. The molecule has 1 aliphatic rings. The van der Waals surface area contributed by atoms with Gasteiger partial charge in [0, 0.05) is 32.0 Å². The predicted octanol–water partition coefficient (Wildman–Crippen LogP) is 0.352. The molecule has 0 amide bonds. The molecule has 2 rings (SSSR count). The number of hydrogen-bond donors (Lipinski definition) is 0. The number of likely N-dealkylation sites (N-methyl/N-ethyl adjacent to an activating group) is 1. The van der Waals surface area contributed by atoms with Gasteiger partial charge in [0.1, 0.15) is 0 Å². The number of piperazine rings is 1. The molecule has 17 heavy (non-hydrogen) atoms. The summed E-state index contributed by atoms with van der Waals surface area (Å²) in [6, 6.07) is 1.64. The molecule has 1 aromatic rings. The second kappa shape index (κ2) is 5.05. The lowest BCUT2D eigenvalue weighted by Crippen LogP contribution is -2.54. The van der Waals surface area contributed by atoms with Crippen molar-refractivity contribution in [3.63, 3.8) is 0 Å². The van der Waals surface area contributed by atoms with Crippen molar-refractivity contribution >= 4 is 11.7 Å². The fourth-order valence-corrected chi connectivity index (χ4v) is 1.95. The third-order valence-corrected chi connectivity index (χ3v) is 3.01. The largest absolute Gasteiger partial charge is 0.337 e. The van der Waals surface area contributed by atoms with Crippen LogP contribution in [0.15, 0.2) is 31.1 Å². The number of carbonyl (C=O) groups excluding carboxylic acids is 1. The summed E-state index contributed by atoms with van der Waals surface area (Å²) < 4.78 is 0. The molecule has 1 saturated heterocycles. The molecule has 2 heterocycles. The van der Waals surface area contributed by atoms with Crippen LogP contribution in [0.1, 0.15) is 0 Å². The van der Waals surface area contributed by atoms with E-state index in [0.29, 0.717) is 12.5 Å². The van der Waals surface area contributed by atoms with Crippen LogP contribution in [0, 0.1) is 0 Å². The third kappa shape index (κ3) is 2.50. The van der Waals surface area contributed by atoms with Crippen LogP contribution in [-0.4, -0.2) is 53.4 Å². The van der Waals surface area contributed by atoms with Crippen LogP contribution in [-0.2, 0) is 4.79 Å². The summed E-state index contributed by atoms with van der Waals surface area (Å²) in [6.45, 7) is 5.82. The summed E-state index contributed by atoms with van der Waals surface area (Å²) in [4.78, 5) is 24.2. The van der Waals surface area contributed by atoms with E-state index in [0.717, 1.165) is 13.1 Å². The maximum atomic E-state index is 11.7. The van der Waals surface area contributed by atoms with Gasteiger partial charge in [0.15, 0.2) is 5.78 Å². The first-order valence-corrected chi connectivity index (χ1v) is 5.61. The first kappa shape index (κ1) is 11.7. The minimum absolute atomic E-state index is 0.0492. The lowest BCUT2D eigenvalue weighted by Gasteiger charge is -2.38. The van der Waals surface area contributed by atoms with Crippen LogP contribution in [0.3, 0.4) is 0 Å². The second-order valence-corrected chi connectivity index (χ2v) is 4.10. The first-order chi connectivity index (χ1) is 8.22. The number of carbonyl (C=O) groups is 1. The summed E-state index contributed by atoms with van der Waals surface area (Å²) >= 11 is 0. The van der Waals surface area contributed by atoms with Crippen LogP contribution in [0.25, 0.3) is 0 Å². The van der Waals surface area contributed by atoms with Gasteiger partial charge < -0.3 is 4.90 Å². The van der Waals surface area contributed by atoms with E-state index in [-0.39, 0.29) is 11.8 Å². The highest BCUT2D eigenvalue weighted by molar-refractivity contribution is 5.94. The molecule has 0 bridgehead atoms. The number of nitrogens with zero attached hydrogens (tertiary/aromatic N) is 4. The second-order valence-electron chi connectivity index (χ2n) is 4.10. The summed E-state index contributed by atoms with van der Waals surface area (Å²) in [6.07, 6.45) is 4.81. The third-order valence-electron chi connectivity index (χ3n) is 3.01. The topological polar surface area (TPSA) is 49.3 Å². The van der Waals surface area contributed by atoms with Gasteiger partial charge in [-0.15, -0.1) is 0 Å². The molecule has 0 radical (unpaired) electrons. The van der Waals surface area contributed by atoms with Crippen LogP contribution in [0.2, 0.25) is 0 Å². The van der Waals surface area contributed by atoms with Crippen molar-refractivity contribution in [2.45, 2.75) is 6.04 Å². The van der Waals surface area contributed by atoms with E-state index in [9.17, 15) is 4.79 Å². The van der Waals surface area contributed by atoms with Crippen LogP contribution in [0.5, 0.6) is 0 Å². The molecule has 1 unspecified atom stereocenters. The Bertz CT molecular complexity index is 406. The van der Waals surface area contributed by atoms with E-state index in [2.05, 4.69) is 16.5 Å². The molecule has 0 aliphatic carbocycles. The number of rotatable bonds is 3. The average molecular weight is 232 g/mol. The molecule has 1 fully saturated rings. The van der Waals surface area contributed by atoms with Crippen LogP contribution < -0.4 is 4.90 Å². The van der Waals surface area contributed by atoms with Crippen molar-refractivity contribution in [3.8, 4) is 0 Å². The minimum Gasteiger partial charge on any atom is -0.337 e. The van der Waals surface area contributed by atoms with Gasteiger partial charge in [-0.3, -0.25) is 9.69 Å². The fraction of sp³-hybridized carbons (Fsp3) is 0.417. The Labute approximate surface area is 101 Å². The van der Waals surface area contributed by atoms with Gasteiger partial charge in [-0.1, -0.05) is 6.58 Å². The summed E-state index contributed by atoms with van der Waals surface area (Å²) in [5.74, 6) is 0.732. The van der Waals surface area contributed by atoms with Gasteiger partial charge in [0.05, 0.1) is 6.04 Å². The van der Waals surface area contributed by atoms with Crippen molar-refractivity contribution in [2.75, 3.05) is 31.6 Å². The predicted molar refractivity (Wildman–Crippen MR) is 65.9 cm³/mol. The Hall–Kier alpha value is -1.75. The Morgan fingerprint density at radius 3 is 2.82 bits per heavy atom. The SMILES string of the molecule is C=CC(=O)C1CN(c2ncccn2)CCN1C. The Kier molecular flexibility index (Phi) is 3.49. The molecule has 5 heteroatoms. The lowest BCUT2D eigenvalue weighted by molar-refractivity contribution is -0.119. The van der Waals surface area contributed by atoms with E-state index >= 15 is 0 Å². The number of anilines is 1. The van der Waals surface area contributed by atoms with Gasteiger partial charge in [-0.25, -0.2) is 9.97 Å². The molecule has 0 N–H and O–H groups in total. The number of ketones is 1. The molecular weight excluding hydrogens is 216 g/mol. The van der Waals surface area contributed by atoms with E-state index in [4.69, 9.17) is 0 Å². The normalized spacial score (nSPS) is 21.2. The molecule has 1 aromatic heterocycles. The molecule has 0 saturated carbocycles. The minimum atomic E-state index is -0.148.